The smallest absolute Gasteiger partial charge is 0.142 e. The van der Waals surface area contributed by atoms with Crippen LogP contribution in [0.25, 0.3) is 0 Å². The number of nitrogens with zero attached hydrogens (tertiary/aromatic N) is 3. The molecule has 1 aliphatic rings. The molecule has 0 aromatic carbocycles. The van der Waals surface area contributed by atoms with Crippen molar-refractivity contribution in [1.82, 2.24) is 9.78 Å². The second kappa shape index (κ2) is 3.80. The maximum Gasteiger partial charge on any atom is 0.142 e. The fourth-order valence-corrected chi connectivity index (χ4v) is 1.99. The first-order valence-electron chi connectivity index (χ1n) is 5.35. The van der Waals surface area contributed by atoms with Crippen molar-refractivity contribution >= 4 is 5.82 Å². The maximum atomic E-state index is 9.10. The van der Waals surface area contributed by atoms with Crippen LogP contribution in [0.1, 0.15) is 24.6 Å². The number of aryl methyl sites for hydroxylation is 2. The average molecular weight is 220 g/mol. The minimum absolute atomic E-state index is 0.0914. The minimum Gasteiger partial charge on any atom is -0.379 e. The van der Waals surface area contributed by atoms with Crippen molar-refractivity contribution in [3.8, 4) is 6.07 Å². The number of nitrogens with one attached hydrogen (secondary N) is 1. The summed E-state index contributed by atoms with van der Waals surface area (Å²) in [5.74, 6) is 0.785. The van der Waals surface area contributed by atoms with Crippen molar-refractivity contribution in [2.24, 2.45) is 7.05 Å². The molecule has 1 saturated heterocycles. The second-order valence-corrected chi connectivity index (χ2v) is 4.53. The van der Waals surface area contributed by atoms with Crippen LogP contribution in [0.3, 0.4) is 0 Å². The highest BCUT2D eigenvalue weighted by molar-refractivity contribution is 5.56. The van der Waals surface area contributed by atoms with Crippen LogP contribution >= 0.6 is 0 Å². The third-order valence-electron chi connectivity index (χ3n) is 2.97. The van der Waals surface area contributed by atoms with Gasteiger partial charge >= 0.3 is 0 Å². The van der Waals surface area contributed by atoms with Crippen molar-refractivity contribution in [3.05, 3.63) is 11.3 Å². The zero-order chi connectivity index (χ0) is 11.8. The number of anilines is 1. The van der Waals surface area contributed by atoms with Crippen molar-refractivity contribution < 1.29 is 4.74 Å². The first kappa shape index (κ1) is 11.0. The highest BCUT2D eigenvalue weighted by Gasteiger charge is 2.31. The van der Waals surface area contributed by atoms with Gasteiger partial charge in [0.15, 0.2) is 0 Å². The number of ether oxygens (including phenoxy) is 1. The molecule has 2 heterocycles. The van der Waals surface area contributed by atoms with Gasteiger partial charge in [-0.3, -0.25) is 4.68 Å². The van der Waals surface area contributed by atoms with E-state index in [0.717, 1.165) is 24.5 Å². The molecule has 0 aliphatic carbocycles. The van der Waals surface area contributed by atoms with Gasteiger partial charge in [0.1, 0.15) is 17.5 Å². The molecule has 5 heteroatoms. The lowest BCUT2D eigenvalue weighted by molar-refractivity contribution is 0.185. The van der Waals surface area contributed by atoms with Gasteiger partial charge in [-0.1, -0.05) is 0 Å². The van der Waals surface area contributed by atoms with Gasteiger partial charge in [-0.05, 0) is 20.3 Å². The van der Waals surface area contributed by atoms with E-state index >= 15 is 0 Å². The normalized spacial score (nSPS) is 24.4. The molecule has 0 bridgehead atoms. The van der Waals surface area contributed by atoms with Crippen LogP contribution in [0.5, 0.6) is 0 Å². The van der Waals surface area contributed by atoms with E-state index in [4.69, 9.17) is 10.00 Å². The number of aromatic nitrogens is 2. The van der Waals surface area contributed by atoms with Crippen LogP contribution in [0.15, 0.2) is 0 Å². The van der Waals surface area contributed by atoms with Crippen molar-refractivity contribution in [2.75, 3.05) is 18.5 Å². The summed E-state index contributed by atoms with van der Waals surface area (Å²) in [5.41, 5.74) is 1.29. The van der Waals surface area contributed by atoms with E-state index in [0.29, 0.717) is 12.2 Å². The molecule has 0 spiro atoms. The maximum absolute atomic E-state index is 9.10. The molecule has 0 amide bonds. The first-order valence-corrected chi connectivity index (χ1v) is 5.35. The molecule has 1 fully saturated rings. The lowest BCUT2D eigenvalue weighted by atomic mass is 10.0. The van der Waals surface area contributed by atoms with Gasteiger partial charge < -0.3 is 10.1 Å². The monoisotopic (exact) mass is 220 g/mol. The number of hydrogen-bond donors (Lipinski definition) is 1. The summed E-state index contributed by atoms with van der Waals surface area (Å²) in [5, 5.41) is 16.7. The third-order valence-corrected chi connectivity index (χ3v) is 2.97. The quantitative estimate of drug-likeness (QED) is 0.813. The molecule has 1 aliphatic heterocycles. The van der Waals surface area contributed by atoms with Crippen molar-refractivity contribution in [2.45, 2.75) is 25.8 Å². The van der Waals surface area contributed by atoms with Crippen molar-refractivity contribution in [3.63, 3.8) is 0 Å². The fourth-order valence-electron chi connectivity index (χ4n) is 1.99. The van der Waals surface area contributed by atoms with Crippen molar-refractivity contribution in [1.29, 1.82) is 5.26 Å². The van der Waals surface area contributed by atoms with Crippen LogP contribution in [-0.4, -0.2) is 28.5 Å². The Kier molecular flexibility index (Phi) is 2.60. The summed E-state index contributed by atoms with van der Waals surface area (Å²) in [6.45, 7) is 5.38. The Morgan fingerprint density at radius 1 is 1.62 bits per heavy atom. The molecule has 5 nitrogen and oxygen atoms in total. The van der Waals surface area contributed by atoms with Gasteiger partial charge in [-0.2, -0.15) is 10.4 Å². The zero-order valence-corrected chi connectivity index (χ0v) is 9.87. The summed E-state index contributed by atoms with van der Waals surface area (Å²) in [7, 11) is 1.84. The molecule has 1 unspecified atom stereocenters. The number of rotatable bonds is 2. The Labute approximate surface area is 95.0 Å². The van der Waals surface area contributed by atoms with E-state index in [1.165, 1.54) is 0 Å². The largest absolute Gasteiger partial charge is 0.379 e. The van der Waals surface area contributed by atoms with Crippen LogP contribution in [0.4, 0.5) is 5.82 Å². The van der Waals surface area contributed by atoms with Gasteiger partial charge in [-0.15, -0.1) is 0 Å². The summed E-state index contributed by atoms with van der Waals surface area (Å²) in [4.78, 5) is 0. The molecule has 1 atom stereocenters. The summed E-state index contributed by atoms with van der Waals surface area (Å²) in [6, 6.07) is 2.19. The SMILES string of the molecule is Cc1nn(C)c(NC2(C)CCOC2)c1C#N. The Balaban J connectivity index is 2.31. The molecule has 1 aromatic rings. The average Bonchev–Trinajstić information content (AvgIpc) is 2.74. The third kappa shape index (κ3) is 1.76. The Morgan fingerprint density at radius 2 is 2.38 bits per heavy atom. The molecule has 1 aromatic heterocycles. The molecular formula is C11H16N4O. The molecular weight excluding hydrogens is 204 g/mol. The van der Waals surface area contributed by atoms with E-state index in [9.17, 15) is 0 Å². The molecule has 0 radical (unpaired) electrons. The van der Waals surface area contributed by atoms with Crippen LogP contribution in [0.2, 0.25) is 0 Å². The predicted molar refractivity (Wildman–Crippen MR) is 60.1 cm³/mol. The molecule has 16 heavy (non-hydrogen) atoms. The summed E-state index contributed by atoms with van der Waals surface area (Å²) in [6.07, 6.45) is 0.947. The molecule has 1 N–H and O–H groups in total. The highest BCUT2D eigenvalue weighted by atomic mass is 16.5. The van der Waals surface area contributed by atoms with E-state index in [1.54, 1.807) is 4.68 Å². The van der Waals surface area contributed by atoms with Gasteiger partial charge in [0.05, 0.1) is 17.8 Å². The highest BCUT2D eigenvalue weighted by Crippen LogP contribution is 2.26. The van der Waals surface area contributed by atoms with Crippen LogP contribution in [-0.2, 0) is 11.8 Å². The number of hydrogen-bond acceptors (Lipinski definition) is 4. The lowest BCUT2D eigenvalue weighted by Crippen LogP contribution is -2.36. The van der Waals surface area contributed by atoms with Crippen LogP contribution < -0.4 is 5.32 Å². The standard InChI is InChI=1S/C11H16N4O/c1-8-9(6-12)10(15(3)14-8)13-11(2)4-5-16-7-11/h13H,4-5,7H2,1-3H3. The molecule has 2 rings (SSSR count). The van der Waals surface area contributed by atoms with Gasteiger partial charge in [0, 0.05) is 13.7 Å². The first-order chi connectivity index (χ1) is 7.56. The van der Waals surface area contributed by atoms with Gasteiger partial charge in [0.2, 0.25) is 0 Å². The summed E-state index contributed by atoms with van der Waals surface area (Å²) < 4.78 is 7.10. The Bertz CT molecular complexity index is 438. The van der Waals surface area contributed by atoms with E-state index < -0.39 is 0 Å². The molecule has 0 saturated carbocycles. The van der Waals surface area contributed by atoms with E-state index in [-0.39, 0.29) is 5.54 Å². The van der Waals surface area contributed by atoms with E-state index in [1.807, 2.05) is 14.0 Å². The predicted octanol–water partition coefficient (Wildman–Crippen LogP) is 1.19. The summed E-state index contributed by atoms with van der Waals surface area (Å²) >= 11 is 0. The van der Waals surface area contributed by atoms with Crippen LogP contribution in [0, 0.1) is 18.3 Å². The fraction of sp³-hybridized carbons (Fsp3) is 0.636. The van der Waals surface area contributed by atoms with E-state index in [2.05, 4.69) is 23.4 Å². The number of nitriles is 1. The molecule has 86 valence electrons. The second-order valence-electron chi connectivity index (χ2n) is 4.53. The zero-order valence-electron chi connectivity index (χ0n) is 9.87. The van der Waals surface area contributed by atoms with Gasteiger partial charge in [0.25, 0.3) is 0 Å². The van der Waals surface area contributed by atoms with Gasteiger partial charge in [-0.25, -0.2) is 0 Å². The minimum atomic E-state index is -0.0914. The Morgan fingerprint density at radius 3 is 2.94 bits per heavy atom. The topological polar surface area (TPSA) is 62.9 Å². The Hall–Kier alpha value is -1.54. The lowest BCUT2D eigenvalue weighted by Gasteiger charge is -2.24.